The van der Waals surface area contributed by atoms with Crippen LogP contribution in [0.4, 0.5) is 5.82 Å². The molecule has 6 heteroatoms. The van der Waals surface area contributed by atoms with Crippen LogP contribution in [0.1, 0.15) is 19.4 Å². The summed E-state index contributed by atoms with van der Waals surface area (Å²) in [6, 6.07) is 14.8. The Morgan fingerprint density at radius 2 is 1.78 bits per heavy atom. The van der Waals surface area contributed by atoms with E-state index in [-0.39, 0.29) is 10.8 Å². The van der Waals surface area contributed by atoms with Gasteiger partial charge in [0.25, 0.3) is 0 Å². The zero-order valence-electron chi connectivity index (χ0n) is 15.4. The van der Waals surface area contributed by atoms with Gasteiger partial charge in [-0.2, -0.15) is 0 Å². The van der Waals surface area contributed by atoms with E-state index in [2.05, 4.69) is 29.5 Å². The number of H-pyrrole nitrogens is 1. The van der Waals surface area contributed by atoms with Crippen LogP contribution in [-0.2, 0) is 6.54 Å². The zero-order valence-corrected chi connectivity index (χ0v) is 16.9. The number of halogens is 2. The van der Waals surface area contributed by atoms with E-state index in [0.29, 0.717) is 22.0 Å². The van der Waals surface area contributed by atoms with Crippen molar-refractivity contribution in [2.24, 2.45) is 5.41 Å². The van der Waals surface area contributed by atoms with E-state index in [1.165, 1.54) is 0 Å². The summed E-state index contributed by atoms with van der Waals surface area (Å²) in [6.07, 6.45) is 0. The number of para-hydroxylation sites is 1. The van der Waals surface area contributed by atoms with E-state index < -0.39 is 0 Å². The molecule has 142 valence electrons. The Morgan fingerprint density at radius 1 is 1.00 bits per heavy atom. The Kier molecular flexibility index (Phi) is 6.10. The van der Waals surface area contributed by atoms with Gasteiger partial charge < -0.3 is 15.6 Å². The van der Waals surface area contributed by atoms with Gasteiger partial charge in [0.1, 0.15) is 5.82 Å². The Labute approximate surface area is 168 Å². The first-order chi connectivity index (χ1) is 12.8. The fraction of sp³-hybridized carbons (Fsp3) is 0.286. The number of hydrogen-bond acceptors (Lipinski definition) is 3. The number of hydrogen-bond donors (Lipinski definition) is 3. The predicted octanol–water partition coefficient (Wildman–Crippen LogP) is 5.06. The van der Waals surface area contributed by atoms with Gasteiger partial charge >= 0.3 is 0 Å². The first-order valence-electron chi connectivity index (χ1n) is 8.85. The van der Waals surface area contributed by atoms with E-state index in [1.54, 1.807) is 6.07 Å². The van der Waals surface area contributed by atoms with E-state index >= 15 is 0 Å². The number of anilines is 1. The summed E-state index contributed by atoms with van der Waals surface area (Å²) in [5, 5.41) is 8.63. The van der Waals surface area contributed by atoms with Crippen molar-refractivity contribution < 1.29 is 0 Å². The minimum Gasteiger partial charge on any atom is -0.371 e. The van der Waals surface area contributed by atoms with Gasteiger partial charge in [0, 0.05) is 31.1 Å². The number of pyridine rings is 1. The molecule has 1 aromatic heterocycles. The molecule has 0 aliphatic carbocycles. The molecule has 3 rings (SSSR count). The number of aromatic amines is 1. The normalized spacial score (nSPS) is 11.7. The molecule has 0 fully saturated rings. The molecular weight excluding hydrogens is 381 g/mol. The molecule has 0 spiro atoms. The third-order valence-electron chi connectivity index (χ3n) is 4.41. The highest BCUT2D eigenvalue weighted by atomic mass is 35.5. The molecule has 3 aromatic rings. The lowest BCUT2D eigenvalue weighted by Crippen LogP contribution is -2.35. The maximum absolute atomic E-state index is 12.2. The molecule has 0 aliphatic heterocycles. The first kappa shape index (κ1) is 19.7. The highest BCUT2D eigenvalue weighted by Gasteiger charge is 2.17. The minimum absolute atomic E-state index is 0.0151. The monoisotopic (exact) mass is 403 g/mol. The average molecular weight is 404 g/mol. The number of benzene rings is 2. The molecule has 1 heterocycles. The van der Waals surface area contributed by atoms with Gasteiger partial charge in [0.05, 0.1) is 15.6 Å². The molecule has 2 aromatic carbocycles. The molecule has 4 nitrogen and oxygen atoms in total. The third-order valence-corrected chi connectivity index (χ3v) is 5.15. The van der Waals surface area contributed by atoms with Crippen LogP contribution in [0, 0.1) is 5.41 Å². The molecule has 3 N–H and O–H groups in total. The van der Waals surface area contributed by atoms with Crippen LogP contribution in [-0.4, -0.2) is 18.1 Å². The van der Waals surface area contributed by atoms with E-state index in [0.717, 1.165) is 30.0 Å². The Morgan fingerprint density at radius 3 is 2.56 bits per heavy atom. The van der Waals surface area contributed by atoms with Crippen molar-refractivity contribution in [2.45, 2.75) is 20.4 Å². The summed E-state index contributed by atoms with van der Waals surface area (Å²) >= 11 is 12.0. The Hall–Kier alpha value is -2.01. The topological polar surface area (TPSA) is 56.9 Å². The smallest absolute Gasteiger partial charge is 0.191 e. The van der Waals surface area contributed by atoms with Crippen molar-refractivity contribution in [3.8, 4) is 0 Å². The zero-order chi connectivity index (χ0) is 19.4. The fourth-order valence-corrected chi connectivity index (χ4v) is 3.20. The molecule has 0 atom stereocenters. The van der Waals surface area contributed by atoms with Crippen LogP contribution >= 0.6 is 23.2 Å². The van der Waals surface area contributed by atoms with E-state index in [1.807, 2.05) is 42.5 Å². The summed E-state index contributed by atoms with van der Waals surface area (Å²) in [7, 11) is 0. The SMILES string of the molecule is CC(C)(CNCc1ccc(Cl)c(Cl)c1)CNc1cc(=O)c2ccccc2[nH]1. The molecular formula is C21H23Cl2N3O. The Bertz CT molecular complexity index is 998. The molecule has 0 radical (unpaired) electrons. The number of rotatable bonds is 7. The minimum atomic E-state index is -0.0151. The molecule has 0 amide bonds. The lowest BCUT2D eigenvalue weighted by Gasteiger charge is -2.26. The van der Waals surface area contributed by atoms with Crippen LogP contribution < -0.4 is 16.1 Å². The molecule has 0 bridgehead atoms. The van der Waals surface area contributed by atoms with Crippen LogP contribution in [0.2, 0.25) is 10.0 Å². The maximum atomic E-state index is 12.2. The van der Waals surface area contributed by atoms with Gasteiger partial charge in [-0.3, -0.25) is 4.79 Å². The molecule has 0 aliphatic rings. The van der Waals surface area contributed by atoms with Crippen LogP contribution in [0.15, 0.2) is 53.3 Å². The first-order valence-corrected chi connectivity index (χ1v) is 9.60. The van der Waals surface area contributed by atoms with Crippen molar-refractivity contribution in [1.82, 2.24) is 10.3 Å². The highest BCUT2D eigenvalue weighted by Crippen LogP contribution is 2.23. The predicted molar refractivity (Wildman–Crippen MR) is 115 cm³/mol. The lowest BCUT2D eigenvalue weighted by atomic mass is 9.93. The summed E-state index contributed by atoms with van der Waals surface area (Å²) in [5.41, 5.74) is 1.93. The van der Waals surface area contributed by atoms with Gasteiger partial charge in [-0.05, 0) is 35.2 Å². The summed E-state index contributed by atoms with van der Waals surface area (Å²) in [5.74, 6) is 0.733. The lowest BCUT2D eigenvalue weighted by molar-refractivity contribution is 0.361. The Balaban J connectivity index is 1.56. The quantitative estimate of drug-likeness (QED) is 0.516. The van der Waals surface area contributed by atoms with E-state index in [4.69, 9.17) is 23.2 Å². The molecule has 27 heavy (non-hydrogen) atoms. The second kappa shape index (κ2) is 8.34. The summed E-state index contributed by atoms with van der Waals surface area (Å²) in [4.78, 5) is 15.5. The van der Waals surface area contributed by atoms with Crippen LogP contribution in [0.3, 0.4) is 0 Å². The van der Waals surface area contributed by atoms with Crippen molar-refractivity contribution in [2.75, 3.05) is 18.4 Å². The second-order valence-corrected chi connectivity index (χ2v) is 8.28. The third kappa shape index (κ3) is 5.25. The second-order valence-electron chi connectivity index (χ2n) is 7.46. The van der Waals surface area contributed by atoms with Gasteiger partial charge in [-0.1, -0.05) is 55.2 Å². The van der Waals surface area contributed by atoms with Crippen molar-refractivity contribution in [1.29, 1.82) is 0 Å². The van der Waals surface area contributed by atoms with Crippen LogP contribution in [0.5, 0.6) is 0 Å². The largest absolute Gasteiger partial charge is 0.371 e. The molecule has 0 saturated carbocycles. The summed E-state index contributed by atoms with van der Waals surface area (Å²) in [6.45, 7) is 6.57. The maximum Gasteiger partial charge on any atom is 0.191 e. The number of nitrogens with one attached hydrogen (secondary N) is 3. The number of fused-ring (bicyclic) bond motifs is 1. The van der Waals surface area contributed by atoms with Gasteiger partial charge in [-0.25, -0.2) is 0 Å². The molecule has 0 unspecified atom stereocenters. The fourth-order valence-electron chi connectivity index (χ4n) is 2.88. The van der Waals surface area contributed by atoms with Crippen molar-refractivity contribution >= 4 is 39.9 Å². The highest BCUT2D eigenvalue weighted by molar-refractivity contribution is 6.42. The van der Waals surface area contributed by atoms with Gasteiger partial charge in [-0.15, -0.1) is 0 Å². The van der Waals surface area contributed by atoms with Gasteiger partial charge in [0.2, 0.25) is 0 Å². The molecule has 0 saturated heterocycles. The number of aromatic nitrogens is 1. The summed E-state index contributed by atoms with van der Waals surface area (Å²) < 4.78 is 0. The van der Waals surface area contributed by atoms with E-state index in [9.17, 15) is 4.79 Å². The average Bonchev–Trinajstić information content (AvgIpc) is 2.63. The van der Waals surface area contributed by atoms with Gasteiger partial charge in [0.15, 0.2) is 5.43 Å². The van der Waals surface area contributed by atoms with Crippen LogP contribution in [0.25, 0.3) is 10.9 Å². The standard InChI is InChI=1S/C21H23Cl2N3O/c1-21(2,12-24-11-14-7-8-16(22)17(23)9-14)13-25-20-10-19(27)15-5-3-4-6-18(15)26-20/h3-10,24H,11-13H2,1-2H3,(H2,25,26,27). The van der Waals surface area contributed by atoms with Crippen molar-refractivity contribution in [3.63, 3.8) is 0 Å². The van der Waals surface area contributed by atoms with Crippen molar-refractivity contribution in [3.05, 3.63) is 74.4 Å².